The molecule has 0 unspecified atom stereocenters. The van der Waals surface area contributed by atoms with Crippen LogP contribution in [0, 0.1) is 17.3 Å². The lowest BCUT2D eigenvalue weighted by molar-refractivity contribution is 0.0738. The van der Waals surface area contributed by atoms with Crippen LogP contribution in [0.1, 0.15) is 33.6 Å². The first-order valence-electron chi connectivity index (χ1n) is 5.35. The van der Waals surface area contributed by atoms with E-state index in [1.54, 1.807) is 0 Å². The van der Waals surface area contributed by atoms with Gasteiger partial charge in [-0.15, -0.1) is 0 Å². The molecule has 0 spiro atoms. The van der Waals surface area contributed by atoms with Gasteiger partial charge >= 0.3 is 0 Å². The second-order valence-corrected chi connectivity index (χ2v) is 5.32. The van der Waals surface area contributed by atoms with Crippen LogP contribution in [0.5, 0.6) is 0 Å². The second kappa shape index (κ2) is 2.73. The molecule has 1 aliphatic carbocycles. The number of nitrogens with zero attached hydrogens (tertiary/aromatic N) is 1. The average Bonchev–Trinajstić information content (AvgIpc) is 2.66. The highest BCUT2D eigenvalue weighted by Crippen LogP contribution is 2.52. The first kappa shape index (κ1) is 8.55. The maximum atomic E-state index is 2.64. The van der Waals surface area contributed by atoms with E-state index in [0.29, 0.717) is 0 Å². The zero-order chi connectivity index (χ0) is 8.77. The summed E-state index contributed by atoms with van der Waals surface area (Å²) in [4.78, 5) is 2.64. The summed E-state index contributed by atoms with van der Waals surface area (Å²) in [5.41, 5.74) is 0.736. The Morgan fingerprint density at radius 2 is 1.92 bits per heavy atom. The lowest BCUT2D eigenvalue weighted by atomic mass is 9.89. The van der Waals surface area contributed by atoms with Crippen molar-refractivity contribution < 1.29 is 0 Å². The standard InChI is InChI=1S/C11H21N/c1-9(2)11(4-5-11)8-12-6-10(3)7-12/h9-10H,4-8H2,1-3H3. The minimum Gasteiger partial charge on any atom is -0.302 e. The Hall–Kier alpha value is -0.0400. The third-order valence-corrected chi connectivity index (χ3v) is 3.80. The number of likely N-dealkylation sites (tertiary alicyclic amines) is 1. The molecule has 1 aliphatic heterocycles. The van der Waals surface area contributed by atoms with E-state index in [0.717, 1.165) is 17.3 Å². The quantitative estimate of drug-likeness (QED) is 0.624. The molecule has 0 N–H and O–H groups in total. The van der Waals surface area contributed by atoms with Crippen molar-refractivity contribution in [3.63, 3.8) is 0 Å². The van der Waals surface area contributed by atoms with Gasteiger partial charge in [-0.1, -0.05) is 20.8 Å². The van der Waals surface area contributed by atoms with Gasteiger partial charge in [-0.25, -0.2) is 0 Å². The van der Waals surface area contributed by atoms with Crippen molar-refractivity contribution in [3.05, 3.63) is 0 Å². The molecule has 12 heavy (non-hydrogen) atoms. The molecule has 2 fully saturated rings. The summed E-state index contributed by atoms with van der Waals surface area (Å²) in [6.45, 7) is 11.2. The van der Waals surface area contributed by atoms with Crippen LogP contribution in [-0.4, -0.2) is 24.5 Å². The number of hydrogen-bond acceptors (Lipinski definition) is 1. The molecule has 1 heterocycles. The Morgan fingerprint density at radius 3 is 2.25 bits per heavy atom. The molecule has 70 valence electrons. The molecular formula is C11H21N. The molecule has 1 saturated heterocycles. The molecule has 0 aromatic heterocycles. The molecule has 0 bridgehead atoms. The van der Waals surface area contributed by atoms with Crippen LogP contribution in [0.15, 0.2) is 0 Å². The van der Waals surface area contributed by atoms with Gasteiger partial charge < -0.3 is 4.90 Å². The average molecular weight is 167 g/mol. The Bertz CT molecular complexity index is 164. The topological polar surface area (TPSA) is 3.24 Å². The molecular weight excluding hydrogens is 146 g/mol. The molecule has 0 radical (unpaired) electrons. The number of rotatable bonds is 3. The minimum atomic E-state index is 0.736. The minimum absolute atomic E-state index is 0.736. The maximum Gasteiger partial charge on any atom is 0.00407 e. The Labute approximate surface area is 76.1 Å². The van der Waals surface area contributed by atoms with Gasteiger partial charge in [0.25, 0.3) is 0 Å². The van der Waals surface area contributed by atoms with Crippen LogP contribution in [0.4, 0.5) is 0 Å². The van der Waals surface area contributed by atoms with E-state index in [4.69, 9.17) is 0 Å². The highest BCUT2D eigenvalue weighted by Gasteiger charge is 2.47. The third kappa shape index (κ3) is 1.39. The van der Waals surface area contributed by atoms with Crippen LogP contribution in [0.25, 0.3) is 0 Å². The van der Waals surface area contributed by atoms with Gasteiger partial charge in [-0.3, -0.25) is 0 Å². The van der Waals surface area contributed by atoms with Gasteiger partial charge in [0.15, 0.2) is 0 Å². The molecule has 1 saturated carbocycles. The van der Waals surface area contributed by atoms with Crippen molar-refractivity contribution in [1.82, 2.24) is 4.90 Å². The first-order chi connectivity index (χ1) is 5.62. The summed E-state index contributed by atoms with van der Waals surface area (Å²) in [5, 5.41) is 0. The first-order valence-corrected chi connectivity index (χ1v) is 5.35. The van der Waals surface area contributed by atoms with Crippen LogP contribution in [0.2, 0.25) is 0 Å². The molecule has 1 nitrogen and oxygen atoms in total. The van der Waals surface area contributed by atoms with Crippen LogP contribution in [-0.2, 0) is 0 Å². The third-order valence-electron chi connectivity index (χ3n) is 3.80. The zero-order valence-corrected chi connectivity index (χ0v) is 8.64. The second-order valence-electron chi connectivity index (χ2n) is 5.32. The van der Waals surface area contributed by atoms with Crippen molar-refractivity contribution in [2.24, 2.45) is 17.3 Å². The van der Waals surface area contributed by atoms with E-state index >= 15 is 0 Å². The fourth-order valence-electron chi connectivity index (χ4n) is 2.48. The van der Waals surface area contributed by atoms with Gasteiger partial charge in [0.1, 0.15) is 0 Å². The van der Waals surface area contributed by atoms with Crippen LogP contribution < -0.4 is 0 Å². The highest BCUT2D eigenvalue weighted by atomic mass is 15.2. The summed E-state index contributed by atoms with van der Waals surface area (Å²) in [7, 11) is 0. The maximum absolute atomic E-state index is 2.64. The molecule has 2 rings (SSSR count). The van der Waals surface area contributed by atoms with E-state index in [2.05, 4.69) is 25.7 Å². The predicted octanol–water partition coefficient (Wildman–Crippen LogP) is 2.37. The van der Waals surface area contributed by atoms with Crippen LogP contribution >= 0.6 is 0 Å². The molecule has 0 atom stereocenters. The van der Waals surface area contributed by atoms with E-state index < -0.39 is 0 Å². The molecule has 0 aromatic carbocycles. The smallest absolute Gasteiger partial charge is 0.00407 e. The highest BCUT2D eigenvalue weighted by molar-refractivity contribution is 4.99. The lowest BCUT2D eigenvalue weighted by Gasteiger charge is -2.40. The summed E-state index contributed by atoms with van der Waals surface area (Å²) >= 11 is 0. The van der Waals surface area contributed by atoms with Crippen molar-refractivity contribution in [1.29, 1.82) is 0 Å². The van der Waals surface area contributed by atoms with Crippen molar-refractivity contribution in [2.45, 2.75) is 33.6 Å². The van der Waals surface area contributed by atoms with E-state index in [1.165, 1.54) is 32.5 Å². The summed E-state index contributed by atoms with van der Waals surface area (Å²) < 4.78 is 0. The summed E-state index contributed by atoms with van der Waals surface area (Å²) in [6, 6.07) is 0. The van der Waals surface area contributed by atoms with E-state index in [1.807, 2.05) is 0 Å². The predicted molar refractivity (Wildman–Crippen MR) is 52.1 cm³/mol. The Balaban J connectivity index is 1.79. The molecule has 0 aromatic rings. The fourth-order valence-corrected chi connectivity index (χ4v) is 2.48. The Kier molecular flexibility index (Phi) is 1.95. The molecule has 2 aliphatic rings. The van der Waals surface area contributed by atoms with E-state index in [-0.39, 0.29) is 0 Å². The Morgan fingerprint density at radius 1 is 1.33 bits per heavy atom. The summed E-state index contributed by atoms with van der Waals surface area (Å²) in [5.74, 6) is 1.86. The van der Waals surface area contributed by atoms with Gasteiger partial charge in [0.2, 0.25) is 0 Å². The normalized spacial score (nSPS) is 29.0. The van der Waals surface area contributed by atoms with Gasteiger partial charge in [0, 0.05) is 19.6 Å². The van der Waals surface area contributed by atoms with E-state index in [9.17, 15) is 0 Å². The van der Waals surface area contributed by atoms with Gasteiger partial charge in [0.05, 0.1) is 0 Å². The molecule has 0 amide bonds. The SMILES string of the molecule is CC1CN(CC2(C(C)C)CC2)C1. The van der Waals surface area contributed by atoms with Crippen molar-refractivity contribution >= 4 is 0 Å². The largest absolute Gasteiger partial charge is 0.302 e. The van der Waals surface area contributed by atoms with Gasteiger partial charge in [-0.05, 0) is 30.1 Å². The van der Waals surface area contributed by atoms with Crippen molar-refractivity contribution in [3.8, 4) is 0 Å². The summed E-state index contributed by atoms with van der Waals surface area (Å²) in [6.07, 6.45) is 2.96. The van der Waals surface area contributed by atoms with Gasteiger partial charge in [-0.2, -0.15) is 0 Å². The molecule has 1 heteroatoms. The lowest BCUT2D eigenvalue weighted by Crippen LogP contribution is -2.48. The van der Waals surface area contributed by atoms with Crippen LogP contribution in [0.3, 0.4) is 0 Å². The monoisotopic (exact) mass is 167 g/mol. The number of hydrogen-bond donors (Lipinski definition) is 0. The fraction of sp³-hybridized carbons (Fsp3) is 1.00. The van der Waals surface area contributed by atoms with Crippen molar-refractivity contribution in [2.75, 3.05) is 19.6 Å². The zero-order valence-electron chi connectivity index (χ0n) is 8.64.